The van der Waals surface area contributed by atoms with Gasteiger partial charge >= 0.3 is 12.1 Å². The number of piperidine rings is 1. The van der Waals surface area contributed by atoms with Crippen LogP contribution in [0.5, 0.6) is 11.6 Å². The molecule has 10 nitrogen and oxygen atoms in total. The first kappa shape index (κ1) is 35.9. The Morgan fingerprint density at radius 2 is 1.78 bits per heavy atom. The molecule has 1 aliphatic carbocycles. The lowest BCUT2D eigenvalue weighted by molar-refractivity contribution is -0.198. The second-order valence-corrected chi connectivity index (χ2v) is 13.3. The molecule has 2 fully saturated rings. The third kappa shape index (κ3) is 10.1. The van der Waals surface area contributed by atoms with E-state index in [-0.39, 0.29) is 30.6 Å². The fourth-order valence-electron chi connectivity index (χ4n) is 6.22. The molecular weight excluding hydrogens is 641 g/mol. The number of carboxylic acids is 1. The number of anilines is 2. The summed E-state index contributed by atoms with van der Waals surface area (Å²) in [4.78, 5) is 37.9. The number of methoxy groups -OCH3 is 1. The first-order valence-corrected chi connectivity index (χ1v) is 16.5. The summed E-state index contributed by atoms with van der Waals surface area (Å²) in [6.45, 7) is 3.11. The van der Waals surface area contributed by atoms with Crippen LogP contribution in [0.2, 0.25) is 0 Å². The first-order chi connectivity index (χ1) is 23.3. The average molecular weight is 685 g/mol. The number of pyridine rings is 2. The minimum Gasteiger partial charge on any atom is -0.497 e. The zero-order valence-electron chi connectivity index (χ0n) is 28.0. The van der Waals surface area contributed by atoms with Crippen LogP contribution in [-0.4, -0.2) is 78.7 Å². The standard InChI is InChI=1S/C36H43F3N4O6/c1-35(2,49-23-36(37,38)39)22-43(31-6-4-5-14-40-31)34(46)28-10-9-27(47-3)19-30(28)42-16-12-24(13-17-42)21-48-32-18-26(11-15-41-32)29(20-33(44)45)25-7-8-25/h4-6,9-11,14-15,18-19,24-25,29H,7-8,12-13,16-17,20-23H2,1-3H3,(H,44,45). The van der Waals surface area contributed by atoms with Crippen molar-refractivity contribution in [2.75, 3.05) is 49.8 Å². The summed E-state index contributed by atoms with van der Waals surface area (Å²) in [5.41, 5.74) is 0.616. The summed E-state index contributed by atoms with van der Waals surface area (Å²) in [5, 5.41) is 9.39. The van der Waals surface area contributed by atoms with Gasteiger partial charge in [0, 0.05) is 37.6 Å². The van der Waals surface area contributed by atoms with Gasteiger partial charge in [-0.05, 0) is 93.2 Å². The molecule has 1 saturated heterocycles. The molecule has 2 aliphatic rings. The lowest BCUT2D eigenvalue weighted by Gasteiger charge is -2.36. The van der Waals surface area contributed by atoms with Crippen LogP contribution in [0.3, 0.4) is 0 Å². The van der Waals surface area contributed by atoms with Crippen LogP contribution in [0.15, 0.2) is 60.9 Å². The number of alkyl halides is 3. The summed E-state index contributed by atoms with van der Waals surface area (Å²) in [6, 6.07) is 13.9. The smallest absolute Gasteiger partial charge is 0.411 e. The van der Waals surface area contributed by atoms with Gasteiger partial charge in [0.15, 0.2) is 0 Å². The van der Waals surface area contributed by atoms with Crippen molar-refractivity contribution in [3.8, 4) is 11.6 Å². The van der Waals surface area contributed by atoms with Crippen molar-refractivity contribution in [2.45, 2.75) is 63.6 Å². The lowest BCUT2D eigenvalue weighted by Crippen LogP contribution is -2.46. The van der Waals surface area contributed by atoms with Crippen molar-refractivity contribution in [3.63, 3.8) is 0 Å². The number of hydrogen-bond donors (Lipinski definition) is 1. The number of aliphatic carboxylic acids is 1. The van der Waals surface area contributed by atoms with Gasteiger partial charge < -0.3 is 24.2 Å². The fourth-order valence-corrected chi connectivity index (χ4v) is 6.22. The molecule has 1 unspecified atom stereocenters. The highest BCUT2D eigenvalue weighted by Crippen LogP contribution is 2.45. The Hall–Kier alpha value is -4.39. The molecule has 1 aliphatic heterocycles. The van der Waals surface area contributed by atoms with Gasteiger partial charge in [-0.2, -0.15) is 13.2 Å². The van der Waals surface area contributed by atoms with Crippen LogP contribution in [-0.2, 0) is 9.53 Å². The first-order valence-electron chi connectivity index (χ1n) is 16.5. The van der Waals surface area contributed by atoms with E-state index in [4.69, 9.17) is 14.2 Å². The third-order valence-corrected chi connectivity index (χ3v) is 8.97. The number of carbonyl (C=O) groups is 2. The summed E-state index contributed by atoms with van der Waals surface area (Å²) in [5.74, 6) is 0.657. The topological polar surface area (TPSA) is 114 Å². The van der Waals surface area contributed by atoms with E-state index in [2.05, 4.69) is 14.9 Å². The van der Waals surface area contributed by atoms with E-state index in [0.29, 0.717) is 48.5 Å². The van der Waals surface area contributed by atoms with Crippen molar-refractivity contribution in [1.29, 1.82) is 0 Å². The van der Waals surface area contributed by atoms with Gasteiger partial charge in [0.1, 0.15) is 18.2 Å². The predicted octanol–water partition coefficient (Wildman–Crippen LogP) is 6.75. The van der Waals surface area contributed by atoms with E-state index in [1.165, 1.54) is 24.9 Å². The number of carbonyl (C=O) groups excluding carboxylic acids is 1. The maximum Gasteiger partial charge on any atom is 0.411 e. The van der Waals surface area contributed by atoms with Crippen LogP contribution in [0.4, 0.5) is 24.7 Å². The van der Waals surface area contributed by atoms with Crippen molar-refractivity contribution < 1.29 is 42.1 Å². The van der Waals surface area contributed by atoms with E-state index in [1.54, 1.807) is 49.7 Å². The Balaban J connectivity index is 1.28. The molecule has 264 valence electrons. The van der Waals surface area contributed by atoms with Crippen LogP contribution in [0.25, 0.3) is 0 Å². The number of halogens is 3. The molecule has 13 heteroatoms. The Morgan fingerprint density at radius 1 is 1.02 bits per heavy atom. The van der Waals surface area contributed by atoms with E-state index < -0.39 is 30.3 Å². The SMILES string of the molecule is COc1ccc(C(=O)N(CC(C)(C)OCC(F)(F)F)c2ccccn2)c(N2CCC(COc3cc(C(CC(=O)O)C4CC4)ccn3)CC2)c1. The Kier molecular flexibility index (Phi) is 11.3. The van der Waals surface area contributed by atoms with E-state index in [0.717, 1.165) is 31.2 Å². The molecule has 3 aromatic rings. The number of hydrogen-bond acceptors (Lipinski definition) is 8. The minimum atomic E-state index is -4.51. The predicted molar refractivity (Wildman–Crippen MR) is 177 cm³/mol. The Bertz CT molecular complexity index is 1580. The quantitative estimate of drug-likeness (QED) is 0.186. The van der Waals surface area contributed by atoms with Gasteiger partial charge in [-0.15, -0.1) is 0 Å². The largest absolute Gasteiger partial charge is 0.497 e. The summed E-state index contributed by atoms with van der Waals surface area (Å²) < 4.78 is 55.8. The Labute approximate surface area is 284 Å². The fraction of sp³-hybridized carbons (Fsp3) is 0.500. The van der Waals surface area contributed by atoms with Crippen LogP contribution >= 0.6 is 0 Å². The van der Waals surface area contributed by atoms with Crippen molar-refractivity contribution >= 4 is 23.4 Å². The number of ether oxygens (including phenoxy) is 3. The molecule has 0 spiro atoms. The second kappa shape index (κ2) is 15.4. The van der Waals surface area contributed by atoms with E-state index in [9.17, 15) is 27.9 Å². The number of nitrogens with zero attached hydrogens (tertiary/aromatic N) is 4. The maximum atomic E-state index is 14.3. The second-order valence-electron chi connectivity index (χ2n) is 13.3. The van der Waals surface area contributed by atoms with Gasteiger partial charge in [0.05, 0.1) is 43.5 Å². The molecule has 1 atom stereocenters. The van der Waals surface area contributed by atoms with Crippen LogP contribution < -0.4 is 19.3 Å². The highest BCUT2D eigenvalue weighted by Gasteiger charge is 2.36. The molecule has 0 bridgehead atoms. The summed E-state index contributed by atoms with van der Waals surface area (Å²) in [6.07, 6.45) is 2.38. The normalized spacial score (nSPS) is 16.2. The highest BCUT2D eigenvalue weighted by molar-refractivity contribution is 6.09. The molecule has 49 heavy (non-hydrogen) atoms. The summed E-state index contributed by atoms with van der Waals surface area (Å²) >= 11 is 0. The summed E-state index contributed by atoms with van der Waals surface area (Å²) in [7, 11) is 1.54. The highest BCUT2D eigenvalue weighted by atomic mass is 19.4. The molecule has 1 amide bonds. The zero-order chi connectivity index (χ0) is 35.2. The van der Waals surface area contributed by atoms with Crippen molar-refractivity contribution in [3.05, 3.63) is 72.1 Å². The van der Waals surface area contributed by atoms with Crippen LogP contribution in [0, 0.1) is 11.8 Å². The molecule has 1 saturated carbocycles. The van der Waals surface area contributed by atoms with Crippen LogP contribution in [0.1, 0.15) is 67.8 Å². The van der Waals surface area contributed by atoms with Gasteiger partial charge in [0.25, 0.3) is 5.91 Å². The van der Waals surface area contributed by atoms with Crippen molar-refractivity contribution in [2.24, 2.45) is 11.8 Å². The molecule has 5 rings (SSSR count). The number of rotatable bonds is 15. The number of carboxylic acid groups (broad SMARTS) is 1. The van der Waals surface area contributed by atoms with E-state index >= 15 is 0 Å². The molecule has 2 aromatic heterocycles. The Morgan fingerprint density at radius 3 is 2.41 bits per heavy atom. The monoisotopic (exact) mass is 684 g/mol. The average Bonchev–Trinajstić information content (AvgIpc) is 3.93. The zero-order valence-corrected chi connectivity index (χ0v) is 28.0. The molecule has 0 radical (unpaired) electrons. The number of aromatic nitrogens is 2. The minimum absolute atomic E-state index is 0.0436. The van der Waals surface area contributed by atoms with Gasteiger partial charge in [0.2, 0.25) is 5.88 Å². The molecular formula is C36H43F3N4O6. The van der Waals surface area contributed by atoms with Crippen molar-refractivity contribution in [1.82, 2.24) is 9.97 Å². The van der Waals surface area contributed by atoms with Gasteiger partial charge in [-0.1, -0.05) is 6.07 Å². The number of amides is 1. The van der Waals surface area contributed by atoms with Gasteiger partial charge in [-0.25, -0.2) is 9.97 Å². The molecule has 3 heterocycles. The molecule has 1 N–H and O–H groups in total. The maximum absolute atomic E-state index is 14.3. The van der Waals surface area contributed by atoms with Gasteiger partial charge in [-0.3, -0.25) is 14.5 Å². The molecule has 1 aromatic carbocycles. The number of benzene rings is 1. The van der Waals surface area contributed by atoms with E-state index in [1.807, 2.05) is 12.1 Å². The lowest BCUT2D eigenvalue weighted by atomic mass is 9.92. The third-order valence-electron chi connectivity index (χ3n) is 8.97.